The SMILES string of the molecule is COc1ccc(Sc2ccc(C(=O)NC3CC4CCC3N4)s2)cc1. The third kappa shape index (κ3) is 3.31. The zero-order valence-electron chi connectivity index (χ0n) is 13.5. The second-order valence-electron chi connectivity index (χ2n) is 6.26. The standard InChI is InChI=1S/C18H20N2O2S2/c1-22-12-3-5-13(6-4-12)23-17-9-8-16(24-17)18(21)20-15-10-11-2-7-14(15)19-11/h3-6,8-9,11,14-15,19H,2,7,10H2,1H3,(H,20,21). The van der Waals surface area contributed by atoms with Crippen molar-refractivity contribution in [1.29, 1.82) is 0 Å². The molecule has 3 atom stereocenters. The molecule has 2 saturated heterocycles. The van der Waals surface area contributed by atoms with Gasteiger partial charge in [-0.25, -0.2) is 0 Å². The van der Waals surface area contributed by atoms with E-state index in [1.165, 1.54) is 12.8 Å². The Hall–Kier alpha value is -1.50. The average molecular weight is 361 g/mol. The maximum atomic E-state index is 12.5. The number of nitrogens with one attached hydrogen (secondary N) is 2. The van der Waals surface area contributed by atoms with Crippen LogP contribution in [0.5, 0.6) is 5.75 Å². The van der Waals surface area contributed by atoms with Crippen LogP contribution in [0.15, 0.2) is 45.5 Å². The minimum absolute atomic E-state index is 0.0564. The Morgan fingerprint density at radius 1 is 1.25 bits per heavy atom. The Balaban J connectivity index is 1.37. The summed E-state index contributed by atoms with van der Waals surface area (Å²) in [4.78, 5) is 14.4. The van der Waals surface area contributed by atoms with Crippen LogP contribution in [0.1, 0.15) is 28.9 Å². The van der Waals surface area contributed by atoms with Gasteiger partial charge in [0, 0.05) is 23.0 Å². The van der Waals surface area contributed by atoms with Crippen molar-refractivity contribution < 1.29 is 9.53 Å². The summed E-state index contributed by atoms with van der Waals surface area (Å²) in [7, 11) is 1.66. The van der Waals surface area contributed by atoms with Crippen LogP contribution in [0.4, 0.5) is 0 Å². The van der Waals surface area contributed by atoms with E-state index >= 15 is 0 Å². The fourth-order valence-corrected chi connectivity index (χ4v) is 5.49. The number of ether oxygens (including phenoxy) is 1. The molecule has 126 valence electrons. The van der Waals surface area contributed by atoms with Gasteiger partial charge in [-0.05, 0) is 55.7 Å². The minimum Gasteiger partial charge on any atom is -0.497 e. The van der Waals surface area contributed by atoms with E-state index in [1.807, 2.05) is 36.4 Å². The maximum absolute atomic E-state index is 12.5. The average Bonchev–Trinajstić information content (AvgIpc) is 3.32. The zero-order valence-corrected chi connectivity index (χ0v) is 15.1. The van der Waals surface area contributed by atoms with E-state index in [-0.39, 0.29) is 11.9 Å². The molecule has 2 N–H and O–H groups in total. The Morgan fingerprint density at radius 2 is 2.08 bits per heavy atom. The van der Waals surface area contributed by atoms with Crippen LogP contribution in [-0.2, 0) is 0 Å². The van der Waals surface area contributed by atoms with Gasteiger partial charge < -0.3 is 15.4 Å². The summed E-state index contributed by atoms with van der Waals surface area (Å²) in [6.45, 7) is 0. The van der Waals surface area contributed by atoms with Gasteiger partial charge in [0.1, 0.15) is 5.75 Å². The highest BCUT2D eigenvalue weighted by molar-refractivity contribution is 8.01. The van der Waals surface area contributed by atoms with Crippen molar-refractivity contribution in [3.05, 3.63) is 41.3 Å². The number of rotatable bonds is 5. The molecule has 3 heterocycles. The topological polar surface area (TPSA) is 50.4 Å². The molecule has 2 aliphatic heterocycles. The highest BCUT2D eigenvalue weighted by Gasteiger charge is 2.39. The first-order valence-corrected chi connectivity index (χ1v) is 9.83. The molecule has 2 bridgehead atoms. The number of thiophene rings is 1. The van der Waals surface area contributed by atoms with Crippen LogP contribution in [0, 0.1) is 0 Å². The van der Waals surface area contributed by atoms with Crippen molar-refractivity contribution in [2.45, 2.75) is 46.5 Å². The van der Waals surface area contributed by atoms with Gasteiger partial charge in [0.15, 0.2) is 0 Å². The third-order valence-corrected chi connectivity index (χ3v) is 6.92. The molecule has 0 aliphatic carbocycles. The largest absolute Gasteiger partial charge is 0.497 e. The second-order valence-corrected chi connectivity index (χ2v) is 8.72. The molecule has 24 heavy (non-hydrogen) atoms. The quantitative estimate of drug-likeness (QED) is 0.856. The van der Waals surface area contributed by atoms with E-state index in [9.17, 15) is 4.79 Å². The number of hydrogen-bond donors (Lipinski definition) is 2. The number of carbonyl (C=O) groups is 1. The van der Waals surface area contributed by atoms with Crippen molar-refractivity contribution in [3.63, 3.8) is 0 Å². The van der Waals surface area contributed by atoms with E-state index in [1.54, 1.807) is 30.2 Å². The molecule has 1 aromatic carbocycles. The normalized spacial score (nSPS) is 25.0. The van der Waals surface area contributed by atoms with Crippen molar-refractivity contribution in [3.8, 4) is 5.75 Å². The molecular weight excluding hydrogens is 340 g/mol. The van der Waals surface area contributed by atoms with Crippen molar-refractivity contribution in [1.82, 2.24) is 10.6 Å². The smallest absolute Gasteiger partial charge is 0.261 e. The number of carbonyl (C=O) groups excluding carboxylic acids is 1. The van der Waals surface area contributed by atoms with E-state index in [0.29, 0.717) is 12.1 Å². The van der Waals surface area contributed by atoms with Crippen LogP contribution in [0.2, 0.25) is 0 Å². The van der Waals surface area contributed by atoms with Crippen LogP contribution in [0.25, 0.3) is 0 Å². The minimum atomic E-state index is 0.0564. The first-order valence-electron chi connectivity index (χ1n) is 8.20. The fraction of sp³-hybridized carbons (Fsp3) is 0.389. The lowest BCUT2D eigenvalue weighted by Gasteiger charge is -2.20. The maximum Gasteiger partial charge on any atom is 0.261 e. The van der Waals surface area contributed by atoms with Gasteiger partial charge in [-0.15, -0.1) is 11.3 Å². The lowest BCUT2D eigenvalue weighted by atomic mass is 9.95. The molecule has 4 rings (SSSR count). The van der Waals surface area contributed by atoms with Gasteiger partial charge in [-0.1, -0.05) is 11.8 Å². The van der Waals surface area contributed by atoms with E-state index < -0.39 is 0 Å². The molecule has 0 saturated carbocycles. The molecule has 2 aromatic rings. The van der Waals surface area contributed by atoms with Gasteiger partial charge >= 0.3 is 0 Å². The zero-order chi connectivity index (χ0) is 16.5. The van der Waals surface area contributed by atoms with Crippen LogP contribution in [-0.4, -0.2) is 31.1 Å². The molecule has 1 amide bonds. The highest BCUT2D eigenvalue weighted by Crippen LogP contribution is 2.34. The molecule has 2 aliphatic rings. The fourth-order valence-electron chi connectivity index (χ4n) is 3.48. The van der Waals surface area contributed by atoms with Gasteiger partial charge in [-0.3, -0.25) is 4.79 Å². The summed E-state index contributed by atoms with van der Waals surface area (Å²) in [5.74, 6) is 0.908. The predicted molar refractivity (Wildman–Crippen MR) is 97.3 cm³/mol. The summed E-state index contributed by atoms with van der Waals surface area (Å²) in [5.41, 5.74) is 0. The molecule has 0 radical (unpaired) electrons. The van der Waals surface area contributed by atoms with Crippen LogP contribution >= 0.6 is 23.1 Å². The third-order valence-electron chi connectivity index (χ3n) is 4.70. The van der Waals surface area contributed by atoms with Crippen molar-refractivity contribution >= 4 is 29.0 Å². The first kappa shape index (κ1) is 16.0. The lowest BCUT2D eigenvalue weighted by molar-refractivity contribution is 0.0935. The molecule has 3 unspecified atom stereocenters. The van der Waals surface area contributed by atoms with Crippen LogP contribution < -0.4 is 15.4 Å². The summed E-state index contributed by atoms with van der Waals surface area (Å²) in [6, 6.07) is 13.3. The van der Waals surface area contributed by atoms with Gasteiger partial charge in [0.2, 0.25) is 0 Å². The Labute approximate surface area is 150 Å². The second kappa shape index (κ2) is 6.78. The van der Waals surface area contributed by atoms with Crippen molar-refractivity contribution in [2.75, 3.05) is 7.11 Å². The summed E-state index contributed by atoms with van der Waals surface area (Å²) >= 11 is 3.22. The van der Waals surface area contributed by atoms with E-state index in [0.717, 1.165) is 26.2 Å². The molecule has 6 heteroatoms. The van der Waals surface area contributed by atoms with Gasteiger partial charge in [0.25, 0.3) is 5.91 Å². The number of benzene rings is 1. The molecule has 0 spiro atoms. The van der Waals surface area contributed by atoms with Crippen molar-refractivity contribution in [2.24, 2.45) is 0 Å². The molecule has 4 nitrogen and oxygen atoms in total. The van der Waals surface area contributed by atoms with Gasteiger partial charge in [-0.2, -0.15) is 0 Å². The summed E-state index contributed by atoms with van der Waals surface area (Å²) in [5, 5.41) is 6.76. The van der Waals surface area contributed by atoms with E-state index in [4.69, 9.17) is 4.74 Å². The predicted octanol–water partition coefficient (Wildman–Crippen LogP) is 3.53. The lowest BCUT2D eigenvalue weighted by Crippen LogP contribution is -2.42. The van der Waals surface area contributed by atoms with E-state index in [2.05, 4.69) is 10.6 Å². The summed E-state index contributed by atoms with van der Waals surface area (Å²) < 4.78 is 6.30. The number of amides is 1. The van der Waals surface area contributed by atoms with Crippen LogP contribution in [0.3, 0.4) is 0 Å². The monoisotopic (exact) mass is 360 g/mol. The number of fused-ring (bicyclic) bond motifs is 2. The Morgan fingerprint density at radius 3 is 2.75 bits per heavy atom. The number of methoxy groups -OCH3 is 1. The summed E-state index contributed by atoms with van der Waals surface area (Å²) in [6.07, 6.45) is 3.49. The number of hydrogen-bond acceptors (Lipinski definition) is 5. The first-order chi connectivity index (χ1) is 11.7. The highest BCUT2D eigenvalue weighted by atomic mass is 32.2. The Bertz CT molecular complexity index is 729. The molecular formula is C18H20N2O2S2. The Kier molecular flexibility index (Phi) is 4.52. The molecule has 2 fully saturated rings. The molecule has 1 aromatic heterocycles. The van der Waals surface area contributed by atoms with Gasteiger partial charge in [0.05, 0.1) is 16.2 Å².